The number of hydrogen-bond donors (Lipinski definition) is 5. The average Bonchev–Trinajstić information content (AvgIpc) is 0.807. The van der Waals surface area contributed by atoms with Gasteiger partial charge in [-0.1, -0.05) is 101 Å². The van der Waals surface area contributed by atoms with Crippen LogP contribution in [0.15, 0.2) is 24.8 Å². The van der Waals surface area contributed by atoms with E-state index in [9.17, 15) is 29.1 Å². The number of allylic oxidation sites excluding steroid dienone is 2. The quantitative estimate of drug-likeness (QED) is 0.0590. The van der Waals surface area contributed by atoms with Gasteiger partial charge in [0.15, 0.2) is 5.92 Å². The Morgan fingerprint density at radius 2 is 0.929 bits per heavy atom. The van der Waals surface area contributed by atoms with Crippen molar-refractivity contribution in [1.29, 1.82) is 0 Å². The third kappa shape index (κ3) is 25.0. The second kappa shape index (κ2) is 40.7. The Kier molecular flexibility index (Phi) is 36.8. The third-order valence-electron chi connectivity index (χ3n) is 18.4. The average molecular weight is 1400 g/mol. The van der Waals surface area contributed by atoms with Crippen molar-refractivity contribution in [2.75, 3.05) is 70.2 Å². The van der Waals surface area contributed by atoms with Gasteiger partial charge in [-0.3, -0.25) is 62.3 Å². The highest BCUT2D eigenvalue weighted by Crippen LogP contribution is 2.28. The summed E-state index contributed by atoms with van der Waals surface area (Å²) in [6.07, 6.45) is 2.50. The second-order valence-corrected chi connectivity index (χ2v) is 29.1. The molecular weight excluding hydrogens is 1280 g/mol. The summed E-state index contributed by atoms with van der Waals surface area (Å²) < 4.78 is 16.1. The van der Waals surface area contributed by atoms with Crippen molar-refractivity contribution >= 4 is 76.9 Å². The number of carbonyl (C=O) groups excluding carboxylic acids is 13. The number of aliphatic hydroxyl groups is 1. The van der Waals surface area contributed by atoms with Gasteiger partial charge >= 0.3 is 11.9 Å². The van der Waals surface area contributed by atoms with E-state index in [0.29, 0.717) is 0 Å². The maximum atomic E-state index is 15.7. The standard InChI is InChI=1S/C71H123N11O17/c1-28-31-32-44(14)57(83)56-61(87)74-48(30-3)63(89)78(21)52(37-47(69(95)97-26)70(96)98-27)65(91)80(23)53(38-71(17,18)99-33-29-2)60(86)75-54(42(10)11)67(93)76(19)49(34-39(4)5)59(85)72-45(15)58(84)73-46(16)62(88)77(20)50(35-40(6)7)64(90)79(22)51(36-41(8)9)66(92)81(24)55(43(12)13)68(94)82(56)25/h28-29,31,39-57,83H,2,30,32-38H2,1,3-27H3,(H,72,85)(H,73,84)(H,74,87)(H,75,86)/t44-,45+,46-,48+,49+,50+,51+,52?,53+,54+,55+,56+,57-/m1/s1. The molecule has 13 atom stereocenters. The highest BCUT2D eigenvalue weighted by atomic mass is 16.5. The van der Waals surface area contributed by atoms with E-state index < -0.39 is 185 Å². The molecule has 0 saturated carbocycles. The van der Waals surface area contributed by atoms with Gasteiger partial charge in [-0.15, -0.1) is 6.58 Å². The van der Waals surface area contributed by atoms with Gasteiger partial charge in [0.25, 0.3) is 0 Å². The molecule has 0 radical (unpaired) electrons. The fourth-order valence-corrected chi connectivity index (χ4v) is 12.2. The Morgan fingerprint density at radius 3 is 1.37 bits per heavy atom. The summed E-state index contributed by atoms with van der Waals surface area (Å²) in [5.41, 5.74) is -1.25. The molecule has 1 saturated heterocycles. The summed E-state index contributed by atoms with van der Waals surface area (Å²) in [5, 5.41) is 23.2. The van der Waals surface area contributed by atoms with Crippen LogP contribution in [0, 0.1) is 41.4 Å². The van der Waals surface area contributed by atoms with E-state index in [0.717, 1.165) is 33.8 Å². The lowest BCUT2D eigenvalue weighted by molar-refractivity contribution is -0.162. The molecule has 11 amide bonds. The number of amides is 11. The first-order chi connectivity index (χ1) is 45.8. The molecule has 5 N–H and O–H groups in total. The van der Waals surface area contributed by atoms with E-state index in [1.165, 1.54) is 90.9 Å². The molecule has 0 aromatic carbocycles. The van der Waals surface area contributed by atoms with Crippen LogP contribution in [0.1, 0.15) is 163 Å². The number of esters is 2. The minimum atomic E-state index is -1.87. The zero-order valence-electron chi connectivity index (χ0n) is 64.2. The number of likely N-dealkylation sites (N-methyl/N-ethyl adjacent to an activating group) is 7. The van der Waals surface area contributed by atoms with Gasteiger partial charge in [0, 0.05) is 62.2 Å². The van der Waals surface area contributed by atoms with Crippen LogP contribution in [0.3, 0.4) is 0 Å². The van der Waals surface area contributed by atoms with Crippen LogP contribution in [0.2, 0.25) is 0 Å². The summed E-state index contributed by atoms with van der Waals surface area (Å²) in [6.45, 7) is 32.4. The fourth-order valence-electron chi connectivity index (χ4n) is 12.2. The molecule has 564 valence electrons. The zero-order valence-corrected chi connectivity index (χ0v) is 64.2. The number of methoxy groups -OCH3 is 2. The largest absolute Gasteiger partial charge is 0.468 e. The van der Waals surface area contributed by atoms with Crippen molar-refractivity contribution in [3.05, 3.63) is 24.8 Å². The number of nitrogens with zero attached hydrogens (tertiary/aromatic N) is 7. The molecule has 0 aliphatic carbocycles. The lowest BCUT2D eigenvalue weighted by Crippen LogP contribution is -2.64. The van der Waals surface area contributed by atoms with E-state index in [4.69, 9.17) is 14.2 Å². The topological polar surface area (TPSA) is 341 Å². The van der Waals surface area contributed by atoms with Crippen molar-refractivity contribution < 1.29 is 81.6 Å². The summed E-state index contributed by atoms with van der Waals surface area (Å²) >= 11 is 0. The van der Waals surface area contributed by atoms with Gasteiger partial charge in [0.1, 0.15) is 66.5 Å². The van der Waals surface area contributed by atoms with Gasteiger partial charge < -0.3 is 74.9 Å². The van der Waals surface area contributed by atoms with Crippen LogP contribution in [-0.4, -0.2) is 265 Å². The normalized spacial score (nSPS) is 25.5. The van der Waals surface area contributed by atoms with Crippen LogP contribution in [0.4, 0.5) is 0 Å². The lowest BCUT2D eigenvalue weighted by atomic mass is 9.91. The molecule has 1 fully saturated rings. The highest BCUT2D eigenvalue weighted by Gasteiger charge is 2.48. The third-order valence-corrected chi connectivity index (χ3v) is 18.4. The van der Waals surface area contributed by atoms with Gasteiger partial charge in [-0.2, -0.15) is 0 Å². The number of hydrogen-bond acceptors (Lipinski definition) is 17. The maximum absolute atomic E-state index is 15.7. The van der Waals surface area contributed by atoms with Crippen molar-refractivity contribution in [2.45, 2.75) is 241 Å². The predicted molar refractivity (Wildman–Crippen MR) is 375 cm³/mol. The maximum Gasteiger partial charge on any atom is 0.320 e. The number of nitrogens with one attached hydrogen (secondary N) is 4. The number of ether oxygens (including phenoxy) is 3. The molecule has 0 aromatic rings. The van der Waals surface area contributed by atoms with E-state index in [2.05, 4.69) is 27.8 Å². The van der Waals surface area contributed by atoms with Crippen molar-refractivity contribution in [3.8, 4) is 0 Å². The predicted octanol–water partition coefficient (Wildman–Crippen LogP) is 3.32. The molecule has 28 heteroatoms. The first-order valence-electron chi connectivity index (χ1n) is 34.6. The summed E-state index contributed by atoms with van der Waals surface area (Å²) in [5.74, 6) is -16.0. The van der Waals surface area contributed by atoms with Crippen molar-refractivity contribution in [3.63, 3.8) is 0 Å². The van der Waals surface area contributed by atoms with Crippen LogP contribution < -0.4 is 21.3 Å². The van der Waals surface area contributed by atoms with Crippen molar-refractivity contribution in [2.24, 2.45) is 41.4 Å². The van der Waals surface area contributed by atoms with Crippen LogP contribution >= 0.6 is 0 Å². The number of rotatable bonds is 22. The Hall–Kier alpha value is -7.49. The van der Waals surface area contributed by atoms with Crippen LogP contribution in [0.25, 0.3) is 0 Å². The molecule has 0 bridgehead atoms. The first kappa shape index (κ1) is 89.5. The molecule has 0 aromatic heterocycles. The molecule has 1 aliphatic rings. The smallest absolute Gasteiger partial charge is 0.320 e. The van der Waals surface area contributed by atoms with E-state index >= 15 is 38.4 Å². The van der Waals surface area contributed by atoms with Crippen LogP contribution in [0.5, 0.6) is 0 Å². The van der Waals surface area contributed by atoms with Crippen LogP contribution in [-0.2, 0) is 76.5 Å². The second-order valence-electron chi connectivity index (χ2n) is 29.1. The highest BCUT2D eigenvalue weighted by molar-refractivity contribution is 6.01. The number of aliphatic hydroxyl groups excluding tert-OH is 1. The Labute approximate surface area is 589 Å². The molecule has 1 unspecified atom stereocenters. The first-order valence-corrected chi connectivity index (χ1v) is 34.6. The Bertz CT molecular complexity index is 2810. The van der Waals surface area contributed by atoms with Gasteiger partial charge in [0.2, 0.25) is 65.0 Å². The molecule has 1 rings (SSSR count). The molecule has 99 heavy (non-hydrogen) atoms. The van der Waals surface area contributed by atoms with E-state index in [1.807, 2.05) is 41.5 Å². The summed E-state index contributed by atoms with van der Waals surface area (Å²) in [6, 6.07) is -15.8. The van der Waals surface area contributed by atoms with Crippen molar-refractivity contribution in [1.82, 2.24) is 55.6 Å². The molecule has 1 aliphatic heterocycles. The Morgan fingerprint density at radius 1 is 0.515 bits per heavy atom. The van der Waals surface area contributed by atoms with Gasteiger partial charge in [0.05, 0.1) is 32.5 Å². The van der Waals surface area contributed by atoms with Gasteiger partial charge in [-0.25, -0.2) is 0 Å². The zero-order chi connectivity index (χ0) is 76.7. The summed E-state index contributed by atoms with van der Waals surface area (Å²) in [4.78, 5) is 200. The monoisotopic (exact) mass is 1400 g/mol. The van der Waals surface area contributed by atoms with E-state index in [1.54, 1.807) is 67.5 Å². The Balaban J connectivity index is 4.78. The molecule has 1 heterocycles. The fraction of sp³-hybridized carbons (Fsp3) is 0.761. The van der Waals surface area contributed by atoms with Gasteiger partial charge in [-0.05, 0) is 102 Å². The molecule has 28 nitrogen and oxygen atoms in total. The lowest BCUT2D eigenvalue weighted by Gasteiger charge is -2.42. The van der Waals surface area contributed by atoms with E-state index in [-0.39, 0.29) is 62.9 Å². The molecule has 0 spiro atoms. The summed E-state index contributed by atoms with van der Waals surface area (Å²) in [7, 11) is 11.3. The molecular formula is C71H123N11O17. The minimum Gasteiger partial charge on any atom is -0.468 e. The SMILES string of the molecule is C=CCOC(C)(C)C[C@H]1C(=O)N[C@@H](C(C)C)C(=O)N(C)[C@@H](CC(C)C)C(=O)N[C@@H](C)C(=O)N[C@H](C)C(=O)N(C)[C@@H](CC(C)C)C(=O)N(C)[C@@H](CC(C)C)C(=O)N(C)[C@@H](C(C)C)C(=O)N(C)[C@@H]([C@H](O)[C@H](C)CC=CC)C(=O)N[C@@H](CC)C(=O)N(C)C(CC(C(=O)OC)C(=O)OC)C(=O)N1C. The minimum absolute atomic E-state index is 0.0157. The number of carbonyl (C=O) groups is 13.